The summed E-state index contributed by atoms with van der Waals surface area (Å²) >= 11 is 0. The van der Waals surface area contributed by atoms with Gasteiger partial charge in [-0.05, 0) is 31.0 Å². The number of fused-ring (bicyclic) bond motifs is 4. The van der Waals surface area contributed by atoms with Crippen molar-refractivity contribution >= 4 is 39.4 Å². The van der Waals surface area contributed by atoms with E-state index >= 15 is 0 Å². The predicted molar refractivity (Wildman–Crippen MR) is 133 cm³/mol. The van der Waals surface area contributed by atoms with Crippen LogP contribution in [0.2, 0.25) is 0 Å². The second-order valence-electron chi connectivity index (χ2n) is 8.36. The van der Waals surface area contributed by atoms with E-state index in [9.17, 15) is 4.79 Å². The molecule has 0 bridgehead atoms. The summed E-state index contributed by atoms with van der Waals surface area (Å²) in [6.07, 6.45) is 7.73. The van der Waals surface area contributed by atoms with Crippen molar-refractivity contribution < 1.29 is 0 Å². The zero-order valence-corrected chi connectivity index (χ0v) is 18.9. The third-order valence-corrected chi connectivity index (χ3v) is 5.82. The lowest BCUT2D eigenvalue weighted by Gasteiger charge is -2.05. The van der Waals surface area contributed by atoms with Crippen LogP contribution in [0.3, 0.4) is 0 Å². The van der Waals surface area contributed by atoms with Gasteiger partial charge in [0, 0.05) is 6.54 Å². The number of para-hydroxylation sites is 2. The van der Waals surface area contributed by atoms with E-state index in [1.54, 1.807) is 21.8 Å². The molecule has 0 N–H and O–H groups in total. The monoisotopic (exact) mass is 438 g/mol. The quantitative estimate of drug-likeness (QED) is 0.263. The largest absolute Gasteiger partial charge is 0.299 e. The summed E-state index contributed by atoms with van der Waals surface area (Å²) in [5.41, 5.74) is 5.03. The fourth-order valence-electron chi connectivity index (χ4n) is 4.11. The number of unbranched alkanes of at least 4 members (excludes halogenated alkanes) is 3. The highest BCUT2D eigenvalue weighted by Crippen LogP contribution is 2.25. The Morgan fingerprint density at radius 2 is 1.79 bits per heavy atom. The Morgan fingerprint density at radius 1 is 0.970 bits per heavy atom. The molecule has 0 aliphatic rings. The number of aromatic nitrogens is 5. The number of rotatable bonds is 7. The maximum absolute atomic E-state index is 13.5. The van der Waals surface area contributed by atoms with Gasteiger partial charge in [-0.1, -0.05) is 68.1 Å². The molecule has 3 aromatic heterocycles. The second kappa shape index (κ2) is 8.94. The summed E-state index contributed by atoms with van der Waals surface area (Å²) in [5.74, 6) is 0. The highest BCUT2D eigenvalue weighted by Gasteiger charge is 2.19. The van der Waals surface area contributed by atoms with Crippen molar-refractivity contribution in [2.45, 2.75) is 46.1 Å². The zero-order chi connectivity index (χ0) is 22.8. The highest BCUT2D eigenvalue weighted by molar-refractivity contribution is 6.04. The molecule has 0 aliphatic heterocycles. The molecular formula is C26H26N6O. The van der Waals surface area contributed by atoms with Gasteiger partial charge >= 0.3 is 0 Å². The van der Waals surface area contributed by atoms with E-state index in [0.717, 1.165) is 47.8 Å². The van der Waals surface area contributed by atoms with Crippen molar-refractivity contribution in [1.82, 2.24) is 24.2 Å². The van der Waals surface area contributed by atoms with Crippen LogP contribution in [0.1, 0.15) is 43.7 Å². The molecule has 0 spiro atoms. The summed E-state index contributed by atoms with van der Waals surface area (Å²) in [4.78, 5) is 27.7. The van der Waals surface area contributed by atoms with Gasteiger partial charge in [-0.15, -0.1) is 0 Å². The molecule has 5 aromatic rings. The minimum absolute atomic E-state index is 0.101. The first-order valence-electron chi connectivity index (χ1n) is 11.4. The molecule has 5 rings (SSSR count). The van der Waals surface area contributed by atoms with Crippen LogP contribution in [0, 0.1) is 6.92 Å². The van der Waals surface area contributed by atoms with Crippen LogP contribution in [0.15, 0.2) is 64.8 Å². The summed E-state index contributed by atoms with van der Waals surface area (Å²) in [7, 11) is 0. The maximum Gasteiger partial charge on any atom is 0.265 e. The van der Waals surface area contributed by atoms with Crippen molar-refractivity contribution in [2.24, 2.45) is 5.10 Å². The Hall–Kier alpha value is -3.87. The van der Waals surface area contributed by atoms with Crippen LogP contribution < -0.4 is 5.56 Å². The van der Waals surface area contributed by atoms with Gasteiger partial charge in [0.25, 0.3) is 5.56 Å². The second-order valence-corrected chi connectivity index (χ2v) is 8.36. The van der Waals surface area contributed by atoms with Crippen molar-refractivity contribution in [3.8, 4) is 0 Å². The molecule has 33 heavy (non-hydrogen) atoms. The Morgan fingerprint density at radius 3 is 2.58 bits per heavy atom. The lowest BCUT2D eigenvalue weighted by atomic mass is 10.2. The van der Waals surface area contributed by atoms with Crippen LogP contribution in [0.5, 0.6) is 0 Å². The third-order valence-electron chi connectivity index (χ3n) is 5.82. The molecule has 3 heterocycles. The molecular weight excluding hydrogens is 412 g/mol. The molecule has 0 unspecified atom stereocenters. The van der Waals surface area contributed by atoms with Gasteiger partial charge in [0.2, 0.25) is 0 Å². The highest BCUT2D eigenvalue weighted by atomic mass is 16.1. The van der Waals surface area contributed by atoms with Crippen LogP contribution in [-0.4, -0.2) is 30.4 Å². The van der Waals surface area contributed by atoms with Crippen molar-refractivity contribution in [2.75, 3.05) is 0 Å². The smallest absolute Gasteiger partial charge is 0.265 e. The van der Waals surface area contributed by atoms with Crippen molar-refractivity contribution in [1.29, 1.82) is 0 Å². The number of aryl methyl sites for hydroxylation is 2. The Balaban J connectivity index is 1.71. The average Bonchev–Trinajstić information content (AvgIpc) is 3.13. The molecule has 0 radical (unpaired) electrons. The van der Waals surface area contributed by atoms with Gasteiger partial charge in [0.1, 0.15) is 10.9 Å². The summed E-state index contributed by atoms with van der Waals surface area (Å²) in [5, 5.41) is 5.14. The third kappa shape index (κ3) is 4.02. The van der Waals surface area contributed by atoms with E-state index in [1.807, 2.05) is 49.4 Å². The average molecular weight is 439 g/mol. The molecule has 7 heteroatoms. The van der Waals surface area contributed by atoms with E-state index in [4.69, 9.17) is 9.97 Å². The summed E-state index contributed by atoms with van der Waals surface area (Å²) in [6.45, 7) is 4.86. The van der Waals surface area contributed by atoms with Crippen LogP contribution in [0.25, 0.3) is 33.2 Å². The maximum atomic E-state index is 13.5. The minimum Gasteiger partial charge on any atom is -0.299 e. The Kier molecular flexibility index (Phi) is 5.69. The first-order valence-corrected chi connectivity index (χ1v) is 11.4. The predicted octanol–water partition coefficient (Wildman–Crippen LogP) is 5.07. The summed E-state index contributed by atoms with van der Waals surface area (Å²) in [6, 6.07) is 15.7. The van der Waals surface area contributed by atoms with E-state index < -0.39 is 0 Å². The Bertz CT molecular complexity index is 1550. The number of benzene rings is 2. The molecule has 0 saturated carbocycles. The molecule has 0 amide bonds. The van der Waals surface area contributed by atoms with E-state index in [2.05, 4.69) is 23.1 Å². The number of nitrogens with zero attached hydrogens (tertiary/aromatic N) is 6. The normalized spacial score (nSPS) is 11.9. The first kappa shape index (κ1) is 21.0. The van der Waals surface area contributed by atoms with E-state index in [0.29, 0.717) is 28.7 Å². The van der Waals surface area contributed by atoms with Crippen LogP contribution in [0.4, 0.5) is 0 Å². The minimum atomic E-state index is -0.101. The SMILES string of the molecule is CCCCCCn1cnc2c(c1=O)c1nc3ccccc3nc1n2/N=C\c1cccc(C)c1. The molecule has 0 fully saturated rings. The van der Waals surface area contributed by atoms with E-state index in [-0.39, 0.29) is 5.56 Å². The molecule has 0 saturated heterocycles. The van der Waals surface area contributed by atoms with Gasteiger partial charge in [0.05, 0.1) is 23.6 Å². The lowest BCUT2D eigenvalue weighted by molar-refractivity contribution is 0.567. The lowest BCUT2D eigenvalue weighted by Crippen LogP contribution is -2.20. The Labute approximate surface area is 191 Å². The van der Waals surface area contributed by atoms with Gasteiger partial charge in [-0.25, -0.2) is 15.0 Å². The molecule has 7 nitrogen and oxygen atoms in total. The van der Waals surface area contributed by atoms with Crippen molar-refractivity contribution in [3.05, 3.63) is 76.3 Å². The van der Waals surface area contributed by atoms with Gasteiger partial charge in [0.15, 0.2) is 11.3 Å². The number of hydrogen-bond donors (Lipinski definition) is 0. The fraction of sp³-hybridized carbons (Fsp3) is 0.269. The number of hydrogen-bond acceptors (Lipinski definition) is 5. The van der Waals surface area contributed by atoms with Crippen molar-refractivity contribution in [3.63, 3.8) is 0 Å². The van der Waals surface area contributed by atoms with E-state index in [1.165, 1.54) is 0 Å². The summed E-state index contributed by atoms with van der Waals surface area (Å²) < 4.78 is 3.32. The van der Waals surface area contributed by atoms with Crippen LogP contribution >= 0.6 is 0 Å². The molecule has 0 aliphatic carbocycles. The standard InChI is InChI=1S/C26H26N6O/c1-3-4-5-8-14-31-17-27-24-22(26(31)33)23-25(30-21-13-7-6-12-20(21)29-23)32(24)28-16-19-11-9-10-18(2)15-19/h6-7,9-13,15-17H,3-5,8,14H2,1-2H3/b28-16-. The first-order chi connectivity index (χ1) is 16.2. The molecule has 2 aromatic carbocycles. The topological polar surface area (TPSA) is 78.0 Å². The van der Waals surface area contributed by atoms with Gasteiger partial charge in [-0.2, -0.15) is 9.78 Å². The van der Waals surface area contributed by atoms with Gasteiger partial charge in [-0.3, -0.25) is 9.36 Å². The fourth-order valence-corrected chi connectivity index (χ4v) is 4.11. The zero-order valence-electron chi connectivity index (χ0n) is 18.9. The van der Waals surface area contributed by atoms with Gasteiger partial charge < -0.3 is 0 Å². The molecule has 0 atom stereocenters. The molecule has 166 valence electrons. The van der Waals surface area contributed by atoms with Crippen LogP contribution in [-0.2, 0) is 6.54 Å².